The number of nitrogens with one attached hydrogen (secondary N) is 2. The molecule has 24 heavy (non-hydrogen) atoms. The lowest BCUT2D eigenvalue weighted by atomic mass is 10.2. The number of nitrogens with zero attached hydrogens (tertiary/aromatic N) is 2. The van der Waals surface area contributed by atoms with Crippen molar-refractivity contribution in [3.63, 3.8) is 0 Å². The minimum absolute atomic E-state index is 0.225. The van der Waals surface area contributed by atoms with Crippen LogP contribution in [-0.2, 0) is 11.3 Å². The van der Waals surface area contributed by atoms with Crippen LogP contribution < -0.4 is 10.6 Å². The van der Waals surface area contributed by atoms with Gasteiger partial charge in [0.25, 0.3) is 5.91 Å². The lowest BCUT2D eigenvalue weighted by Gasteiger charge is -2.09. The number of aryl methyl sites for hydroxylation is 1. The molecule has 0 aliphatic carbocycles. The summed E-state index contributed by atoms with van der Waals surface area (Å²) in [5.74, 6) is 0.175. The molecule has 0 aliphatic heterocycles. The Morgan fingerprint density at radius 2 is 2.08 bits per heavy atom. The predicted molar refractivity (Wildman–Crippen MR) is 94.4 cm³/mol. The highest BCUT2D eigenvalue weighted by atomic mass is 35.5. The Bertz CT molecular complexity index is 694. The minimum atomic E-state index is -0.225. The number of rotatable bonds is 8. The largest absolute Gasteiger partial charge is 0.385 e. The van der Waals surface area contributed by atoms with Gasteiger partial charge in [0, 0.05) is 37.5 Å². The second-order valence-corrected chi connectivity index (χ2v) is 5.67. The topological polar surface area (TPSA) is 76.1 Å². The quantitative estimate of drug-likeness (QED) is 0.717. The standard InChI is InChI=1S/C17H21ClN4O2/c1-12-10-15(16(23)19-8-5-9-24-2)22-17(21-12)20-11-13-6-3-4-7-14(13)18/h3-4,6-7,10H,5,8-9,11H2,1-2H3,(H,19,23)(H,20,21,22). The van der Waals surface area contributed by atoms with Gasteiger partial charge in [-0.05, 0) is 31.0 Å². The molecular weight excluding hydrogens is 328 g/mol. The molecule has 2 N–H and O–H groups in total. The van der Waals surface area contributed by atoms with Crippen LogP contribution in [0.2, 0.25) is 5.02 Å². The highest BCUT2D eigenvalue weighted by Crippen LogP contribution is 2.16. The lowest BCUT2D eigenvalue weighted by molar-refractivity contribution is 0.0943. The summed E-state index contributed by atoms with van der Waals surface area (Å²) in [6.45, 7) is 3.45. The first-order chi connectivity index (χ1) is 11.6. The van der Waals surface area contributed by atoms with Gasteiger partial charge < -0.3 is 15.4 Å². The first-order valence-corrected chi connectivity index (χ1v) is 8.08. The van der Waals surface area contributed by atoms with Crippen molar-refractivity contribution in [2.24, 2.45) is 0 Å². The van der Waals surface area contributed by atoms with Crippen molar-refractivity contribution in [2.75, 3.05) is 25.6 Å². The Morgan fingerprint density at radius 1 is 1.29 bits per heavy atom. The second kappa shape index (κ2) is 9.20. The summed E-state index contributed by atoms with van der Waals surface area (Å²) in [7, 11) is 1.63. The number of carbonyl (C=O) groups excluding carboxylic acids is 1. The minimum Gasteiger partial charge on any atom is -0.385 e. The van der Waals surface area contributed by atoms with Gasteiger partial charge in [0.15, 0.2) is 0 Å². The van der Waals surface area contributed by atoms with Crippen molar-refractivity contribution in [1.82, 2.24) is 15.3 Å². The summed E-state index contributed by atoms with van der Waals surface area (Å²) >= 11 is 6.13. The van der Waals surface area contributed by atoms with Gasteiger partial charge in [-0.3, -0.25) is 4.79 Å². The van der Waals surface area contributed by atoms with E-state index in [9.17, 15) is 4.79 Å². The number of hydrogen-bond donors (Lipinski definition) is 2. The molecule has 2 rings (SSSR count). The maximum absolute atomic E-state index is 12.1. The van der Waals surface area contributed by atoms with E-state index in [1.54, 1.807) is 13.2 Å². The first-order valence-electron chi connectivity index (χ1n) is 7.70. The third-order valence-corrected chi connectivity index (χ3v) is 3.66. The molecule has 7 heteroatoms. The zero-order chi connectivity index (χ0) is 17.4. The molecular formula is C17H21ClN4O2. The maximum atomic E-state index is 12.1. The van der Waals surface area contributed by atoms with E-state index < -0.39 is 0 Å². The van der Waals surface area contributed by atoms with E-state index >= 15 is 0 Å². The average molecular weight is 349 g/mol. The second-order valence-electron chi connectivity index (χ2n) is 5.27. The van der Waals surface area contributed by atoms with Crippen LogP contribution in [0.25, 0.3) is 0 Å². The average Bonchev–Trinajstić information content (AvgIpc) is 2.57. The molecule has 0 bridgehead atoms. The molecule has 0 fully saturated rings. The van der Waals surface area contributed by atoms with E-state index in [1.165, 1.54) is 0 Å². The zero-order valence-corrected chi connectivity index (χ0v) is 14.6. The Balaban J connectivity index is 2.00. The van der Waals surface area contributed by atoms with Crippen molar-refractivity contribution < 1.29 is 9.53 Å². The van der Waals surface area contributed by atoms with Crippen molar-refractivity contribution >= 4 is 23.5 Å². The fourth-order valence-corrected chi connectivity index (χ4v) is 2.29. The van der Waals surface area contributed by atoms with Gasteiger partial charge >= 0.3 is 0 Å². The van der Waals surface area contributed by atoms with Crippen molar-refractivity contribution in [3.8, 4) is 0 Å². The van der Waals surface area contributed by atoms with Gasteiger partial charge in [-0.25, -0.2) is 9.97 Å². The first kappa shape index (κ1) is 18.2. The van der Waals surface area contributed by atoms with E-state index in [-0.39, 0.29) is 5.91 Å². The molecule has 6 nitrogen and oxygen atoms in total. The molecule has 1 amide bonds. The van der Waals surface area contributed by atoms with Gasteiger partial charge in [0.05, 0.1) is 0 Å². The molecule has 0 spiro atoms. The summed E-state index contributed by atoms with van der Waals surface area (Å²) in [4.78, 5) is 20.7. The van der Waals surface area contributed by atoms with E-state index in [4.69, 9.17) is 16.3 Å². The van der Waals surface area contributed by atoms with Gasteiger partial charge in [-0.1, -0.05) is 29.8 Å². The van der Waals surface area contributed by atoms with Crippen LogP contribution in [0, 0.1) is 6.92 Å². The number of anilines is 1. The fourth-order valence-electron chi connectivity index (χ4n) is 2.09. The number of methoxy groups -OCH3 is 1. The van der Waals surface area contributed by atoms with E-state index in [0.717, 1.165) is 12.0 Å². The van der Waals surface area contributed by atoms with Crippen LogP contribution in [-0.4, -0.2) is 36.1 Å². The van der Waals surface area contributed by atoms with Gasteiger partial charge in [0.2, 0.25) is 5.95 Å². The molecule has 1 aromatic heterocycles. The summed E-state index contributed by atoms with van der Waals surface area (Å²) in [5, 5.41) is 6.60. The molecule has 1 heterocycles. The maximum Gasteiger partial charge on any atom is 0.270 e. The van der Waals surface area contributed by atoms with Crippen LogP contribution in [0.4, 0.5) is 5.95 Å². The number of aromatic nitrogens is 2. The van der Waals surface area contributed by atoms with Gasteiger partial charge in [-0.15, -0.1) is 0 Å². The molecule has 0 unspecified atom stereocenters. The highest BCUT2D eigenvalue weighted by Gasteiger charge is 2.10. The van der Waals surface area contributed by atoms with Crippen molar-refractivity contribution in [2.45, 2.75) is 19.9 Å². The van der Waals surface area contributed by atoms with Crippen LogP contribution in [0.3, 0.4) is 0 Å². The van der Waals surface area contributed by atoms with Crippen LogP contribution in [0.5, 0.6) is 0 Å². The van der Waals surface area contributed by atoms with E-state index in [0.29, 0.717) is 42.1 Å². The third-order valence-electron chi connectivity index (χ3n) is 3.29. The molecule has 0 atom stereocenters. The summed E-state index contributed by atoms with van der Waals surface area (Å²) in [6.07, 6.45) is 0.754. The van der Waals surface area contributed by atoms with E-state index in [2.05, 4.69) is 20.6 Å². The van der Waals surface area contributed by atoms with E-state index in [1.807, 2.05) is 31.2 Å². The highest BCUT2D eigenvalue weighted by molar-refractivity contribution is 6.31. The fraction of sp³-hybridized carbons (Fsp3) is 0.353. The lowest BCUT2D eigenvalue weighted by Crippen LogP contribution is -2.26. The van der Waals surface area contributed by atoms with Crippen LogP contribution >= 0.6 is 11.6 Å². The Labute approximate surface area is 146 Å². The molecule has 2 aromatic rings. The molecule has 1 aromatic carbocycles. The molecule has 0 saturated carbocycles. The normalized spacial score (nSPS) is 10.5. The smallest absolute Gasteiger partial charge is 0.270 e. The Morgan fingerprint density at radius 3 is 2.83 bits per heavy atom. The third kappa shape index (κ3) is 5.47. The number of ether oxygens (including phenoxy) is 1. The summed E-state index contributed by atoms with van der Waals surface area (Å²) in [5.41, 5.74) is 1.99. The molecule has 128 valence electrons. The van der Waals surface area contributed by atoms with Crippen LogP contribution in [0.15, 0.2) is 30.3 Å². The SMILES string of the molecule is COCCCNC(=O)c1cc(C)nc(NCc2ccccc2Cl)n1. The van der Waals surface area contributed by atoms with Gasteiger partial charge in [-0.2, -0.15) is 0 Å². The molecule has 0 radical (unpaired) electrons. The van der Waals surface area contributed by atoms with Crippen molar-refractivity contribution in [3.05, 3.63) is 52.3 Å². The molecule has 0 saturated heterocycles. The number of carbonyl (C=O) groups is 1. The predicted octanol–water partition coefficient (Wildman–Crippen LogP) is 2.82. The monoisotopic (exact) mass is 348 g/mol. The Kier molecular flexibility index (Phi) is 6.96. The summed E-state index contributed by atoms with van der Waals surface area (Å²) in [6, 6.07) is 9.20. The number of amides is 1. The number of benzene rings is 1. The zero-order valence-electron chi connectivity index (χ0n) is 13.8. The molecule has 0 aliphatic rings. The summed E-state index contributed by atoms with van der Waals surface area (Å²) < 4.78 is 4.95. The number of halogens is 1. The number of hydrogen-bond acceptors (Lipinski definition) is 5. The van der Waals surface area contributed by atoms with Crippen LogP contribution in [0.1, 0.15) is 28.2 Å². The Hall–Kier alpha value is -2.18. The van der Waals surface area contributed by atoms with Gasteiger partial charge in [0.1, 0.15) is 5.69 Å². The van der Waals surface area contributed by atoms with Crippen molar-refractivity contribution in [1.29, 1.82) is 0 Å².